The second-order valence-electron chi connectivity index (χ2n) is 8.69. The van der Waals surface area contributed by atoms with Crippen molar-refractivity contribution in [1.29, 1.82) is 0 Å². The SMILES string of the molecule is COC(=O)C1(NC(=O)CN2C(=O)NC(C)(c3ccc4ccccc4c3)C2=O)CCCCC1. The lowest BCUT2D eigenvalue weighted by Crippen LogP contribution is -2.58. The van der Waals surface area contributed by atoms with Gasteiger partial charge in [-0.05, 0) is 42.2 Å². The normalized spacial score (nSPS) is 22.5. The quantitative estimate of drug-likeness (QED) is 0.553. The molecule has 1 aliphatic heterocycles. The molecule has 4 rings (SSSR count). The standard InChI is InChI=1S/C24H27N3O5/c1-23(18-11-10-16-8-4-5-9-17(16)14-18)20(29)27(22(31)26-23)15-19(28)25-24(21(30)32-2)12-6-3-7-13-24/h4-5,8-11,14H,3,6-7,12-13,15H2,1-2H3,(H,25,28)(H,26,31). The van der Waals surface area contributed by atoms with Gasteiger partial charge in [0.2, 0.25) is 5.91 Å². The summed E-state index contributed by atoms with van der Waals surface area (Å²) in [4.78, 5) is 52.0. The molecule has 1 aliphatic carbocycles. The number of benzene rings is 2. The van der Waals surface area contributed by atoms with E-state index in [-0.39, 0.29) is 0 Å². The van der Waals surface area contributed by atoms with Gasteiger partial charge in [0.1, 0.15) is 17.6 Å². The van der Waals surface area contributed by atoms with Gasteiger partial charge < -0.3 is 15.4 Å². The molecule has 168 valence electrons. The highest BCUT2D eigenvalue weighted by molar-refractivity contribution is 6.09. The van der Waals surface area contributed by atoms with Gasteiger partial charge in [0.15, 0.2) is 0 Å². The summed E-state index contributed by atoms with van der Waals surface area (Å²) in [5.41, 5.74) is -1.76. The van der Waals surface area contributed by atoms with Crippen LogP contribution in [0.25, 0.3) is 10.8 Å². The van der Waals surface area contributed by atoms with Gasteiger partial charge in [-0.25, -0.2) is 9.59 Å². The zero-order chi connectivity index (χ0) is 22.9. The van der Waals surface area contributed by atoms with Gasteiger partial charge in [0.25, 0.3) is 5.91 Å². The first-order chi connectivity index (χ1) is 15.3. The van der Waals surface area contributed by atoms with E-state index >= 15 is 0 Å². The minimum Gasteiger partial charge on any atom is -0.467 e. The Morgan fingerprint density at radius 1 is 1.06 bits per heavy atom. The molecule has 0 bridgehead atoms. The number of carbonyl (C=O) groups excluding carboxylic acids is 4. The molecule has 1 saturated carbocycles. The van der Waals surface area contributed by atoms with E-state index in [9.17, 15) is 19.2 Å². The lowest BCUT2D eigenvalue weighted by atomic mass is 9.81. The number of ether oxygens (including phenoxy) is 1. The summed E-state index contributed by atoms with van der Waals surface area (Å²) < 4.78 is 4.92. The molecule has 1 unspecified atom stereocenters. The molecular weight excluding hydrogens is 410 g/mol. The number of hydrogen-bond acceptors (Lipinski definition) is 5. The van der Waals surface area contributed by atoms with Crippen molar-refractivity contribution in [3.8, 4) is 0 Å². The average molecular weight is 437 g/mol. The van der Waals surface area contributed by atoms with E-state index < -0.39 is 41.4 Å². The number of fused-ring (bicyclic) bond motifs is 1. The minimum absolute atomic E-state index is 0.466. The Morgan fingerprint density at radius 2 is 1.75 bits per heavy atom. The Balaban J connectivity index is 1.53. The number of imide groups is 1. The molecule has 1 heterocycles. The van der Waals surface area contributed by atoms with Crippen molar-refractivity contribution in [2.24, 2.45) is 0 Å². The highest BCUT2D eigenvalue weighted by atomic mass is 16.5. The second-order valence-corrected chi connectivity index (χ2v) is 8.69. The Kier molecular flexibility index (Phi) is 5.62. The van der Waals surface area contributed by atoms with Crippen molar-refractivity contribution >= 4 is 34.6 Å². The van der Waals surface area contributed by atoms with Gasteiger partial charge in [0.05, 0.1) is 7.11 Å². The van der Waals surface area contributed by atoms with E-state index in [1.165, 1.54) is 7.11 Å². The third-order valence-corrected chi connectivity index (χ3v) is 6.57. The molecule has 2 aromatic rings. The highest BCUT2D eigenvalue weighted by Gasteiger charge is 2.50. The number of rotatable bonds is 5. The number of nitrogens with zero attached hydrogens (tertiary/aromatic N) is 1. The zero-order valence-electron chi connectivity index (χ0n) is 18.3. The molecule has 8 heteroatoms. The van der Waals surface area contributed by atoms with Gasteiger partial charge >= 0.3 is 12.0 Å². The summed E-state index contributed by atoms with van der Waals surface area (Å²) in [5, 5.41) is 7.45. The van der Waals surface area contributed by atoms with E-state index in [2.05, 4.69) is 10.6 Å². The summed E-state index contributed by atoms with van der Waals surface area (Å²) in [5.74, 6) is -1.57. The molecule has 32 heavy (non-hydrogen) atoms. The maximum atomic E-state index is 13.2. The van der Waals surface area contributed by atoms with E-state index in [4.69, 9.17) is 4.74 Å². The molecule has 2 aliphatic rings. The molecule has 1 atom stereocenters. The summed E-state index contributed by atoms with van der Waals surface area (Å²) in [7, 11) is 1.29. The Labute approximate surface area is 186 Å². The fourth-order valence-corrected chi connectivity index (χ4v) is 4.72. The van der Waals surface area contributed by atoms with Crippen molar-refractivity contribution in [3.05, 3.63) is 48.0 Å². The second kappa shape index (κ2) is 8.26. The lowest BCUT2D eigenvalue weighted by Gasteiger charge is -2.35. The predicted molar refractivity (Wildman–Crippen MR) is 118 cm³/mol. The molecule has 0 aromatic heterocycles. The first-order valence-corrected chi connectivity index (χ1v) is 10.8. The first-order valence-electron chi connectivity index (χ1n) is 10.8. The molecule has 2 aromatic carbocycles. The summed E-state index contributed by atoms with van der Waals surface area (Å²) in [6, 6.07) is 12.7. The van der Waals surface area contributed by atoms with Crippen LogP contribution in [-0.2, 0) is 24.7 Å². The number of amides is 4. The molecule has 2 N–H and O–H groups in total. The maximum Gasteiger partial charge on any atom is 0.331 e. The topological polar surface area (TPSA) is 105 Å². The van der Waals surface area contributed by atoms with Gasteiger partial charge in [0, 0.05) is 0 Å². The number of methoxy groups -OCH3 is 1. The van der Waals surface area contributed by atoms with Crippen LogP contribution in [0, 0.1) is 0 Å². The number of carbonyl (C=O) groups is 4. The van der Waals surface area contributed by atoms with Gasteiger partial charge in [-0.15, -0.1) is 0 Å². The number of hydrogen-bond donors (Lipinski definition) is 2. The number of nitrogens with one attached hydrogen (secondary N) is 2. The lowest BCUT2D eigenvalue weighted by molar-refractivity contribution is -0.152. The van der Waals surface area contributed by atoms with E-state index in [0.717, 1.165) is 34.9 Å². The van der Waals surface area contributed by atoms with Crippen molar-refractivity contribution in [3.63, 3.8) is 0 Å². The van der Waals surface area contributed by atoms with Crippen LogP contribution in [-0.4, -0.2) is 47.9 Å². The van der Waals surface area contributed by atoms with Gasteiger partial charge in [-0.1, -0.05) is 55.7 Å². The molecule has 0 radical (unpaired) electrons. The molecule has 4 amide bonds. The smallest absolute Gasteiger partial charge is 0.331 e. The summed E-state index contributed by atoms with van der Waals surface area (Å²) in [6.07, 6.45) is 3.50. The van der Waals surface area contributed by atoms with Gasteiger partial charge in [-0.2, -0.15) is 0 Å². The van der Waals surface area contributed by atoms with E-state index in [1.807, 2.05) is 36.4 Å². The fourth-order valence-electron chi connectivity index (χ4n) is 4.72. The Morgan fingerprint density at radius 3 is 2.44 bits per heavy atom. The van der Waals surface area contributed by atoms with Crippen LogP contribution in [0.1, 0.15) is 44.6 Å². The van der Waals surface area contributed by atoms with Crippen LogP contribution in [0.5, 0.6) is 0 Å². The van der Waals surface area contributed by atoms with Crippen molar-refractivity contribution in [2.45, 2.75) is 50.1 Å². The molecule has 0 spiro atoms. The molecule has 1 saturated heterocycles. The van der Waals surface area contributed by atoms with Gasteiger partial charge in [-0.3, -0.25) is 14.5 Å². The third-order valence-electron chi connectivity index (χ3n) is 6.57. The minimum atomic E-state index is -1.29. The molecular formula is C24H27N3O5. The Hall–Kier alpha value is -3.42. The van der Waals surface area contributed by atoms with Crippen LogP contribution < -0.4 is 10.6 Å². The molecule has 2 fully saturated rings. The average Bonchev–Trinajstić information content (AvgIpc) is 3.02. The Bertz CT molecular complexity index is 1090. The number of esters is 1. The third kappa shape index (κ3) is 3.70. The van der Waals surface area contributed by atoms with Crippen LogP contribution in [0.3, 0.4) is 0 Å². The van der Waals surface area contributed by atoms with Crippen LogP contribution in [0.2, 0.25) is 0 Å². The van der Waals surface area contributed by atoms with Crippen LogP contribution >= 0.6 is 0 Å². The molecule has 8 nitrogen and oxygen atoms in total. The van der Waals surface area contributed by atoms with Crippen LogP contribution in [0.4, 0.5) is 4.79 Å². The largest absolute Gasteiger partial charge is 0.467 e. The zero-order valence-corrected chi connectivity index (χ0v) is 18.3. The maximum absolute atomic E-state index is 13.2. The fraction of sp³-hybridized carbons (Fsp3) is 0.417. The van der Waals surface area contributed by atoms with E-state index in [1.54, 1.807) is 13.0 Å². The van der Waals surface area contributed by atoms with Crippen molar-refractivity contribution < 1.29 is 23.9 Å². The summed E-state index contributed by atoms with van der Waals surface area (Å²) in [6.45, 7) is 1.17. The van der Waals surface area contributed by atoms with Crippen molar-refractivity contribution in [1.82, 2.24) is 15.5 Å². The highest BCUT2D eigenvalue weighted by Crippen LogP contribution is 2.32. The summed E-state index contributed by atoms with van der Waals surface area (Å²) >= 11 is 0. The first kappa shape index (κ1) is 21.8. The van der Waals surface area contributed by atoms with Crippen LogP contribution in [0.15, 0.2) is 42.5 Å². The van der Waals surface area contributed by atoms with Crippen molar-refractivity contribution in [2.75, 3.05) is 13.7 Å². The monoisotopic (exact) mass is 437 g/mol. The predicted octanol–water partition coefficient (Wildman–Crippen LogP) is 2.60. The number of urea groups is 1. The van der Waals surface area contributed by atoms with E-state index in [0.29, 0.717) is 18.4 Å².